The summed E-state index contributed by atoms with van der Waals surface area (Å²) >= 11 is 1.09. The number of nitrogens with one attached hydrogen (secondary N) is 1. The van der Waals surface area contributed by atoms with Crippen LogP contribution in [0.2, 0.25) is 0 Å². The Labute approximate surface area is 150 Å². The van der Waals surface area contributed by atoms with Gasteiger partial charge in [0.1, 0.15) is 0 Å². The number of fused-ring (bicyclic) bond motifs is 1. The zero-order chi connectivity index (χ0) is 18.8. The van der Waals surface area contributed by atoms with Crippen LogP contribution < -0.4 is 4.90 Å². The topological polar surface area (TPSA) is 92.1 Å². The fourth-order valence-electron chi connectivity index (χ4n) is 2.22. The first-order chi connectivity index (χ1) is 12.3. The Bertz CT molecular complexity index is 952. The molecule has 0 aliphatic carbocycles. The molecule has 0 bridgehead atoms. The number of aromatic amines is 1. The van der Waals surface area contributed by atoms with Crippen LogP contribution in [0.3, 0.4) is 0 Å². The Kier molecular flexibility index (Phi) is 4.85. The third-order valence-corrected chi connectivity index (χ3v) is 4.51. The highest BCUT2D eigenvalue weighted by Gasteiger charge is 2.15. The van der Waals surface area contributed by atoms with E-state index >= 15 is 0 Å². The monoisotopic (exact) mass is 378 g/mol. The highest BCUT2D eigenvalue weighted by molar-refractivity contribution is 7.99. The van der Waals surface area contributed by atoms with E-state index in [1.807, 2.05) is 0 Å². The molecule has 134 valence electrons. The van der Waals surface area contributed by atoms with Crippen molar-refractivity contribution in [1.82, 2.24) is 9.97 Å². The second-order valence-electron chi connectivity index (χ2n) is 5.34. The van der Waals surface area contributed by atoms with Gasteiger partial charge in [0, 0.05) is 37.0 Å². The summed E-state index contributed by atoms with van der Waals surface area (Å²) in [7, 11) is 1.55. The van der Waals surface area contributed by atoms with Crippen molar-refractivity contribution in [3.05, 3.63) is 58.1 Å². The van der Waals surface area contributed by atoms with Gasteiger partial charge in [0.25, 0.3) is 5.69 Å². The molecular weight excluding hydrogens is 366 g/mol. The average molecular weight is 378 g/mol. The van der Waals surface area contributed by atoms with Crippen LogP contribution in [0, 0.1) is 21.7 Å². The third kappa shape index (κ3) is 3.64. The molecule has 0 saturated heterocycles. The molecule has 0 atom stereocenters. The van der Waals surface area contributed by atoms with Crippen LogP contribution in [-0.4, -0.2) is 33.6 Å². The van der Waals surface area contributed by atoms with Crippen LogP contribution in [0.4, 0.5) is 20.2 Å². The lowest BCUT2D eigenvalue weighted by Crippen LogP contribution is -2.27. The molecule has 3 rings (SSSR count). The minimum atomic E-state index is -0.991. The number of nitrogens with zero attached hydrogens (tertiary/aromatic N) is 3. The molecule has 0 radical (unpaired) electrons. The van der Waals surface area contributed by atoms with E-state index in [2.05, 4.69) is 9.97 Å². The molecule has 0 fully saturated rings. The van der Waals surface area contributed by atoms with E-state index in [0.717, 1.165) is 23.9 Å². The van der Waals surface area contributed by atoms with E-state index in [4.69, 9.17) is 0 Å². The molecule has 3 aromatic rings. The predicted octanol–water partition coefficient (Wildman–Crippen LogP) is 3.50. The van der Waals surface area contributed by atoms with Gasteiger partial charge in [-0.3, -0.25) is 14.9 Å². The summed E-state index contributed by atoms with van der Waals surface area (Å²) in [6.45, 7) is 0. The Balaban J connectivity index is 1.67. The number of amides is 1. The normalized spacial score (nSPS) is 10.9. The quantitative estimate of drug-likeness (QED) is 0.417. The van der Waals surface area contributed by atoms with Gasteiger partial charge in [-0.15, -0.1) is 0 Å². The maximum absolute atomic E-state index is 13.2. The van der Waals surface area contributed by atoms with Crippen molar-refractivity contribution in [3.8, 4) is 0 Å². The van der Waals surface area contributed by atoms with E-state index in [-0.39, 0.29) is 22.9 Å². The largest absolute Gasteiger partial charge is 0.333 e. The number of rotatable bonds is 5. The van der Waals surface area contributed by atoms with Gasteiger partial charge in [-0.1, -0.05) is 11.8 Å². The number of carbonyl (C=O) groups excluding carboxylic acids is 1. The van der Waals surface area contributed by atoms with Gasteiger partial charge >= 0.3 is 0 Å². The van der Waals surface area contributed by atoms with Crippen LogP contribution in [-0.2, 0) is 4.79 Å². The van der Waals surface area contributed by atoms with Gasteiger partial charge in [-0.25, -0.2) is 13.8 Å². The third-order valence-electron chi connectivity index (χ3n) is 3.66. The summed E-state index contributed by atoms with van der Waals surface area (Å²) in [5, 5.41) is 11.0. The van der Waals surface area contributed by atoms with Crippen molar-refractivity contribution in [3.63, 3.8) is 0 Å². The molecule has 1 amide bonds. The first-order valence-corrected chi connectivity index (χ1v) is 8.32. The van der Waals surface area contributed by atoms with E-state index < -0.39 is 16.6 Å². The van der Waals surface area contributed by atoms with Gasteiger partial charge in [-0.2, -0.15) is 0 Å². The second-order valence-corrected chi connectivity index (χ2v) is 6.30. The number of non-ortho nitro benzene ring substituents is 1. The summed E-state index contributed by atoms with van der Waals surface area (Å²) in [4.78, 5) is 30.7. The minimum Gasteiger partial charge on any atom is -0.333 e. The van der Waals surface area contributed by atoms with Crippen molar-refractivity contribution in [2.24, 2.45) is 0 Å². The Morgan fingerprint density at radius 1 is 1.27 bits per heavy atom. The maximum Gasteiger partial charge on any atom is 0.269 e. The van der Waals surface area contributed by atoms with Gasteiger partial charge in [-0.05, 0) is 12.1 Å². The number of anilines is 1. The van der Waals surface area contributed by atoms with Crippen LogP contribution in [0.25, 0.3) is 11.0 Å². The van der Waals surface area contributed by atoms with Gasteiger partial charge < -0.3 is 9.88 Å². The summed E-state index contributed by atoms with van der Waals surface area (Å²) in [6, 6.07) is 7.58. The first-order valence-electron chi connectivity index (χ1n) is 7.33. The fraction of sp³-hybridized carbons (Fsp3) is 0.125. The number of benzene rings is 2. The van der Waals surface area contributed by atoms with Crippen molar-refractivity contribution < 1.29 is 18.5 Å². The molecule has 0 saturated carbocycles. The molecule has 0 unspecified atom stereocenters. The number of hydrogen-bond donors (Lipinski definition) is 1. The molecular formula is C16H12F2N4O3S. The van der Waals surface area contributed by atoms with Gasteiger partial charge in [0.2, 0.25) is 5.91 Å². The molecule has 1 aromatic heterocycles. The zero-order valence-electron chi connectivity index (χ0n) is 13.4. The summed E-state index contributed by atoms with van der Waals surface area (Å²) < 4.78 is 26.4. The fourth-order valence-corrected chi connectivity index (χ4v) is 3.02. The smallest absolute Gasteiger partial charge is 0.269 e. The molecule has 26 heavy (non-hydrogen) atoms. The van der Waals surface area contributed by atoms with E-state index in [0.29, 0.717) is 16.4 Å². The van der Waals surface area contributed by atoms with E-state index in [1.165, 1.54) is 29.2 Å². The Morgan fingerprint density at radius 3 is 2.58 bits per heavy atom. The lowest BCUT2D eigenvalue weighted by Gasteiger charge is -2.16. The zero-order valence-corrected chi connectivity index (χ0v) is 14.2. The Hall–Kier alpha value is -3.01. The lowest BCUT2D eigenvalue weighted by molar-refractivity contribution is -0.384. The number of H-pyrrole nitrogens is 1. The predicted molar refractivity (Wildman–Crippen MR) is 93.2 cm³/mol. The van der Waals surface area contributed by atoms with Crippen molar-refractivity contribution >= 4 is 40.1 Å². The highest BCUT2D eigenvalue weighted by Crippen LogP contribution is 2.23. The number of halogens is 2. The van der Waals surface area contributed by atoms with Gasteiger partial charge in [0.15, 0.2) is 16.8 Å². The minimum absolute atomic E-state index is 0.0261. The number of imidazole rings is 1. The number of nitro groups is 1. The highest BCUT2D eigenvalue weighted by atomic mass is 32.2. The SMILES string of the molecule is CN(C(=O)CSc1nc2cc(F)c(F)cc2[nH]1)c1ccc([N+](=O)[O-])cc1. The standard InChI is InChI=1S/C16H12F2N4O3S/c1-21(9-2-4-10(5-3-9)22(24)25)15(23)8-26-16-19-13-6-11(17)12(18)7-14(13)20-16/h2-7H,8H2,1H3,(H,19,20). The van der Waals surface area contributed by atoms with Crippen LogP contribution >= 0.6 is 11.8 Å². The summed E-state index contributed by atoms with van der Waals surface area (Å²) in [6.07, 6.45) is 0. The van der Waals surface area contributed by atoms with Crippen LogP contribution in [0.15, 0.2) is 41.6 Å². The van der Waals surface area contributed by atoms with E-state index in [9.17, 15) is 23.7 Å². The maximum atomic E-state index is 13.2. The van der Waals surface area contributed by atoms with E-state index in [1.54, 1.807) is 7.05 Å². The number of aromatic nitrogens is 2. The van der Waals surface area contributed by atoms with Crippen molar-refractivity contribution in [2.45, 2.75) is 5.16 Å². The summed E-state index contributed by atoms with van der Waals surface area (Å²) in [5.41, 5.74) is 1.05. The van der Waals surface area contributed by atoms with Crippen molar-refractivity contribution in [2.75, 3.05) is 17.7 Å². The molecule has 7 nitrogen and oxygen atoms in total. The Morgan fingerprint density at radius 2 is 1.92 bits per heavy atom. The second kappa shape index (κ2) is 7.08. The lowest BCUT2D eigenvalue weighted by atomic mass is 10.2. The molecule has 1 heterocycles. The number of hydrogen-bond acceptors (Lipinski definition) is 5. The molecule has 1 N–H and O–H groups in total. The van der Waals surface area contributed by atoms with Crippen LogP contribution in [0.1, 0.15) is 0 Å². The summed E-state index contributed by atoms with van der Waals surface area (Å²) in [5.74, 6) is -2.21. The molecule has 0 spiro atoms. The van der Waals surface area contributed by atoms with Gasteiger partial charge in [0.05, 0.1) is 21.7 Å². The number of thioether (sulfide) groups is 1. The molecule has 10 heteroatoms. The van der Waals surface area contributed by atoms with Crippen LogP contribution in [0.5, 0.6) is 0 Å². The molecule has 2 aromatic carbocycles. The molecule has 0 aliphatic rings. The number of carbonyl (C=O) groups is 1. The first kappa shape index (κ1) is 17.8. The molecule has 0 aliphatic heterocycles. The number of nitro benzene ring substituents is 1. The average Bonchev–Trinajstić information content (AvgIpc) is 3.01. The van der Waals surface area contributed by atoms with Crippen molar-refractivity contribution in [1.29, 1.82) is 0 Å².